The van der Waals surface area contributed by atoms with Gasteiger partial charge in [0, 0.05) is 19.2 Å². The molecular weight excluding hydrogens is 272 g/mol. The van der Waals surface area contributed by atoms with Gasteiger partial charge in [-0.3, -0.25) is 4.72 Å². The number of rotatable bonds is 4. The third-order valence-corrected chi connectivity index (χ3v) is 4.42. The number of nitrogens with zero attached hydrogens (tertiary/aromatic N) is 1. The molecule has 0 radical (unpaired) electrons. The molecule has 19 heavy (non-hydrogen) atoms. The molecule has 3 N–H and O–H groups in total. The molecule has 1 aromatic rings. The van der Waals surface area contributed by atoms with Gasteiger partial charge in [0.25, 0.3) is 0 Å². The summed E-state index contributed by atoms with van der Waals surface area (Å²) in [4.78, 5) is 10.7. The maximum atomic E-state index is 11.9. The standard InChI is InChI=1S/C11H14N2O5S/c14-10-7-8(3-4-9(10)11(15)16)12-19(17,18)13-5-1-2-6-13/h3-4,7,12,14H,1-2,5-6H2,(H,15,16). The first-order valence-corrected chi connectivity index (χ1v) is 7.18. The summed E-state index contributed by atoms with van der Waals surface area (Å²) in [6.45, 7) is 0.934. The second-order valence-corrected chi connectivity index (χ2v) is 5.92. The van der Waals surface area contributed by atoms with Gasteiger partial charge >= 0.3 is 16.2 Å². The lowest BCUT2D eigenvalue weighted by molar-refractivity contribution is 0.0694. The van der Waals surface area contributed by atoms with E-state index in [2.05, 4.69) is 4.72 Å². The number of aromatic carboxylic acids is 1. The Balaban J connectivity index is 2.19. The minimum Gasteiger partial charge on any atom is -0.507 e. The Morgan fingerprint density at radius 2 is 1.89 bits per heavy atom. The molecule has 1 aliphatic rings. The predicted octanol–water partition coefficient (Wildman–Crippen LogP) is 0.843. The SMILES string of the molecule is O=C(O)c1ccc(NS(=O)(=O)N2CCCC2)cc1O. The van der Waals surface area contributed by atoms with Crippen molar-refractivity contribution in [1.29, 1.82) is 0 Å². The van der Waals surface area contributed by atoms with Crippen molar-refractivity contribution >= 4 is 21.9 Å². The Kier molecular flexibility index (Phi) is 3.63. The Bertz CT molecular complexity index is 593. The minimum absolute atomic E-state index is 0.134. The molecule has 0 aliphatic carbocycles. The van der Waals surface area contributed by atoms with Crippen molar-refractivity contribution in [3.63, 3.8) is 0 Å². The number of hydrogen-bond acceptors (Lipinski definition) is 4. The molecule has 0 amide bonds. The summed E-state index contributed by atoms with van der Waals surface area (Å²) < 4.78 is 27.5. The number of carboxylic acid groups (broad SMARTS) is 1. The molecular formula is C11H14N2O5S. The van der Waals surface area contributed by atoms with Crippen LogP contribution in [-0.2, 0) is 10.2 Å². The molecule has 0 spiro atoms. The average molecular weight is 286 g/mol. The molecule has 1 heterocycles. The first kappa shape index (κ1) is 13.6. The van der Waals surface area contributed by atoms with Crippen LogP contribution < -0.4 is 4.72 Å². The van der Waals surface area contributed by atoms with E-state index >= 15 is 0 Å². The van der Waals surface area contributed by atoms with Crippen LogP contribution in [0.25, 0.3) is 0 Å². The Labute approximate surface area is 110 Å². The first-order valence-electron chi connectivity index (χ1n) is 5.74. The van der Waals surface area contributed by atoms with Gasteiger partial charge in [-0.1, -0.05) is 0 Å². The maximum Gasteiger partial charge on any atom is 0.339 e. The Morgan fingerprint density at radius 1 is 1.26 bits per heavy atom. The summed E-state index contributed by atoms with van der Waals surface area (Å²) in [6, 6.07) is 3.54. The fourth-order valence-corrected chi connectivity index (χ4v) is 3.21. The molecule has 2 rings (SSSR count). The van der Waals surface area contributed by atoms with Crippen LogP contribution in [0.2, 0.25) is 0 Å². The van der Waals surface area contributed by atoms with Crippen molar-refractivity contribution in [2.75, 3.05) is 17.8 Å². The van der Waals surface area contributed by atoms with Crippen LogP contribution in [0.15, 0.2) is 18.2 Å². The van der Waals surface area contributed by atoms with Crippen molar-refractivity contribution in [3.8, 4) is 5.75 Å². The van der Waals surface area contributed by atoms with E-state index in [9.17, 15) is 18.3 Å². The first-order chi connectivity index (χ1) is 8.90. The van der Waals surface area contributed by atoms with Crippen LogP contribution in [0.3, 0.4) is 0 Å². The Hall–Kier alpha value is -1.80. The fourth-order valence-electron chi connectivity index (χ4n) is 1.92. The maximum absolute atomic E-state index is 11.9. The number of nitrogens with one attached hydrogen (secondary N) is 1. The van der Waals surface area contributed by atoms with E-state index in [1.165, 1.54) is 10.4 Å². The summed E-state index contributed by atoms with van der Waals surface area (Å²) >= 11 is 0. The quantitative estimate of drug-likeness (QED) is 0.760. The van der Waals surface area contributed by atoms with Gasteiger partial charge < -0.3 is 10.2 Å². The van der Waals surface area contributed by atoms with Crippen molar-refractivity contribution in [2.45, 2.75) is 12.8 Å². The molecule has 0 bridgehead atoms. The molecule has 0 aromatic heterocycles. The van der Waals surface area contributed by atoms with Gasteiger partial charge in [-0.05, 0) is 25.0 Å². The molecule has 7 nitrogen and oxygen atoms in total. The number of carbonyl (C=O) groups is 1. The van der Waals surface area contributed by atoms with Gasteiger partial charge in [0.05, 0.1) is 5.69 Å². The summed E-state index contributed by atoms with van der Waals surface area (Å²) in [5.74, 6) is -1.75. The monoisotopic (exact) mass is 286 g/mol. The topological polar surface area (TPSA) is 107 Å². The summed E-state index contributed by atoms with van der Waals surface area (Å²) in [7, 11) is -3.64. The molecule has 1 fully saturated rings. The van der Waals surface area contributed by atoms with Crippen LogP contribution >= 0.6 is 0 Å². The van der Waals surface area contributed by atoms with Crippen molar-refractivity contribution in [1.82, 2.24) is 4.31 Å². The van der Waals surface area contributed by atoms with Gasteiger partial charge in [0.1, 0.15) is 11.3 Å². The number of benzene rings is 1. The van der Waals surface area contributed by atoms with Crippen molar-refractivity contribution < 1.29 is 23.4 Å². The van der Waals surface area contributed by atoms with E-state index in [0.29, 0.717) is 13.1 Å². The summed E-state index contributed by atoms with van der Waals surface area (Å²) in [6.07, 6.45) is 1.65. The zero-order valence-corrected chi connectivity index (χ0v) is 10.9. The van der Waals surface area contributed by atoms with Gasteiger partial charge in [-0.2, -0.15) is 12.7 Å². The number of anilines is 1. The van der Waals surface area contributed by atoms with Crippen LogP contribution in [0.4, 0.5) is 5.69 Å². The van der Waals surface area contributed by atoms with E-state index in [1.807, 2.05) is 0 Å². The van der Waals surface area contributed by atoms with E-state index in [4.69, 9.17) is 5.11 Å². The number of aromatic hydroxyl groups is 1. The highest BCUT2D eigenvalue weighted by Crippen LogP contribution is 2.24. The molecule has 104 valence electrons. The van der Waals surface area contributed by atoms with Gasteiger partial charge in [-0.15, -0.1) is 0 Å². The lowest BCUT2D eigenvalue weighted by atomic mass is 10.2. The van der Waals surface area contributed by atoms with Crippen molar-refractivity contribution in [3.05, 3.63) is 23.8 Å². The van der Waals surface area contributed by atoms with Gasteiger partial charge in [0.2, 0.25) is 0 Å². The van der Waals surface area contributed by atoms with Crippen LogP contribution in [0, 0.1) is 0 Å². The van der Waals surface area contributed by atoms with Crippen LogP contribution in [-0.4, -0.2) is 42.0 Å². The zero-order chi connectivity index (χ0) is 14.0. The van der Waals surface area contributed by atoms with Crippen LogP contribution in [0.1, 0.15) is 23.2 Å². The van der Waals surface area contributed by atoms with Crippen molar-refractivity contribution in [2.24, 2.45) is 0 Å². The molecule has 0 atom stereocenters. The summed E-state index contributed by atoms with van der Waals surface area (Å²) in [5.41, 5.74) is -0.140. The molecule has 0 saturated carbocycles. The summed E-state index contributed by atoms with van der Waals surface area (Å²) in [5, 5.41) is 18.2. The molecule has 8 heteroatoms. The smallest absolute Gasteiger partial charge is 0.339 e. The van der Waals surface area contributed by atoms with E-state index in [-0.39, 0.29) is 11.3 Å². The largest absolute Gasteiger partial charge is 0.507 e. The minimum atomic E-state index is -3.64. The molecule has 1 aromatic carbocycles. The highest BCUT2D eigenvalue weighted by atomic mass is 32.2. The fraction of sp³-hybridized carbons (Fsp3) is 0.364. The predicted molar refractivity (Wildman–Crippen MR) is 68.4 cm³/mol. The number of phenols is 1. The van der Waals surface area contributed by atoms with E-state index in [0.717, 1.165) is 25.0 Å². The van der Waals surface area contributed by atoms with Gasteiger partial charge in [-0.25, -0.2) is 4.79 Å². The molecule has 1 saturated heterocycles. The lowest BCUT2D eigenvalue weighted by Gasteiger charge is -2.17. The zero-order valence-electron chi connectivity index (χ0n) is 10.0. The highest BCUT2D eigenvalue weighted by molar-refractivity contribution is 7.90. The van der Waals surface area contributed by atoms with E-state index in [1.54, 1.807) is 0 Å². The number of carboxylic acids is 1. The van der Waals surface area contributed by atoms with Gasteiger partial charge in [0.15, 0.2) is 0 Å². The van der Waals surface area contributed by atoms with E-state index < -0.39 is 21.9 Å². The Morgan fingerprint density at radius 3 is 2.42 bits per heavy atom. The normalized spacial score (nSPS) is 16.4. The number of hydrogen-bond donors (Lipinski definition) is 3. The second-order valence-electron chi connectivity index (χ2n) is 4.25. The average Bonchev–Trinajstić information content (AvgIpc) is 2.81. The highest BCUT2D eigenvalue weighted by Gasteiger charge is 2.25. The lowest BCUT2D eigenvalue weighted by Crippen LogP contribution is -2.33. The second kappa shape index (κ2) is 5.06. The molecule has 0 unspecified atom stereocenters. The third kappa shape index (κ3) is 2.96. The van der Waals surface area contributed by atoms with Crippen LogP contribution in [0.5, 0.6) is 5.75 Å². The third-order valence-electron chi connectivity index (χ3n) is 2.88. The molecule has 1 aliphatic heterocycles.